The van der Waals surface area contributed by atoms with E-state index in [1.165, 1.54) is 0 Å². The lowest BCUT2D eigenvalue weighted by Gasteiger charge is -2.06. The first-order valence-corrected chi connectivity index (χ1v) is 8.14. The average Bonchev–Trinajstić information content (AvgIpc) is 2.91. The van der Waals surface area contributed by atoms with Crippen LogP contribution in [-0.4, -0.2) is 9.78 Å². The van der Waals surface area contributed by atoms with E-state index in [-0.39, 0.29) is 17.3 Å². The summed E-state index contributed by atoms with van der Waals surface area (Å²) in [5.41, 5.74) is 9.45. The first kappa shape index (κ1) is 16.9. The van der Waals surface area contributed by atoms with E-state index in [9.17, 15) is 5.26 Å². The predicted molar refractivity (Wildman–Crippen MR) is 97.4 cm³/mol. The van der Waals surface area contributed by atoms with Crippen LogP contribution in [0.25, 0.3) is 0 Å². The first-order chi connectivity index (χ1) is 12.1. The van der Waals surface area contributed by atoms with Gasteiger partial charge in [-0.1, -0.05) is 48.0 Å². The molecule has 3 aromatic rings. The number of nitrogen functional groups attached to an aromatic ring is 1. The summed E-state index contributed by atoms with van der Waals surface area (Å²) < 4.78 is 7.32. The zero-order chi connectivity index (χ0) is 17.8. The Morgan fingerprint density at radius 2 is 1.92 bits per heavy atom. The molecule has 0 atom stereocenters. The number of hydrogen-bond acceptors (Lipinski definition) is 4. The monoisotopic (exact) mass is 352 g/mol. The third kappa shape index (κ3) is 3.76. The fourth-order valence-corrected chi connectivity index (χ4v) is 2.59. The van der Waals surface area contributed by atoms with Gasteiger partial charge in [-0.2, -0.15) is 5.26 Å². The summed E-state index contributed by atoms with van der Waals surface area (Å²) in [5.74, 6) is 0.537. The number of nitriles is 1. The fraction of sp³-hybridized carbons (Fsp3) is 0.158. The Hall–Kier alpha value is -2.97. The minimum Gasteiger partial charge on any atom is -0.471 e. The van der Waals surface area contributed by atoms with Crippen molar-refractivity contribution in [2.75, 3.05) is 5.73 Å². The van der Waals surface area contributed by atoms with Crippen LogP contribution < -0.4 is 10.5 Å². The van der Waals surface area contributed by atoms with E-state index in [4.69, 9.17) is 22.1 Å². The maximum Gasteiger partial charge on any atom is 0.253 e. The van der Waals surface area contributed by atoms with Crippen molar-refractivity contribution in [3.8, 4) is 11.9 Å². The van der Waals surface area contributed by atoms with Crippen LogP contribution in [0.5, 0.6) is 5.88 Å². The quantitative estimate of drug-likeness (QED) is 0.754. The molecule has 126 valence electrons. The second kappa shape index (κ2) is 7.29. The maximum absolute atomic E-state index is 9.39. The number of nitrogens with two attached hydrogens (primary N) is 1. The van der Waals surface area contributed by atoms with Crippen LogP contribution in [0, 0.1) is 18.3 Å². The van der Waals surface area contributed by atoms with Gasteiger partial charge in [-0.15, -0.1) is 5.10 Å². The normalized spacial score (nSPS) is 10.4. The molecule has 2 aromatic carbocycles. The molecule has 2 N–H and O–H groups in total. The van der Waals surface area contributed by atoms with Crippen molar-refractivity contribution in [1.29, 1.82) is 5.26 Å². The number of nitrogens with zero attached hydrogens (tertiary/aromatic N) is 3. The number of rotatable bonds is 5. The number of anilines is 1. The van der Waals surface area contributed by atoms with Crippen molar-refractivity contribution in [3.05, 3.63) is 75.8 Å². The highest BCUT2D eigenvalue weighted by Crippen LogP contribution is 2.25. The molecule has 5 nitrogen and oxygen atoms in total. The van der Waals surface area contributed by atoms with Gasteiger partial charge in [0.1, 0.15) is 18.5 Å². The number of ether oxygens (including phenoxy) is 1. The summed E-state index contributed by atoms with van der Waals surface area (Å²) in [6.45, 7) is 2.78. The average molecular weight is 353 g/mol. The molecular weight excluding hydrogens is 336 g/mol. The third-order valence-electron chi connectivity index (χ3n) is 3.94. The van der Waals surface area contributed by atoms with Gasteiger partial charge >= 0.3 is 0 Å². The summed E-state index contributed by atoms with van der Waals surface area (Å²) in [7, 11) is 0. The van der Waals surface area contributed by atoms with E-state index in [1.54, 1.807) is 16.8 Å². The Morgan fingerprint density at radius 3 is 2.60 bits per heavy atom. The van der Waals surface area contributed by atoms with Crippen molar-refractivity contribution < 1.29 is 4.74 Å². The van der Waals surface area contributed by atoms with Gasteiger partial charge in [0.05, 0.1) is 6.54 Å². The van der Waals surface area contributed by atoms with Gasteiger partial charge in [-0.3, -0.25) is 0 Å². The third-order valence-corrected chi connectivity index (χ3v) is 4.19. The van der Waals surface area contributed by atoms with Crippen LogP contribution in [0.4, 0.5) is 5.82 Å². The molecular formula is C19H17ClN4O. The Balaban J connectivity index is 1.81. The number of aryl methyl sites for hydroxylation is 1. The van der Waals surface area contributed by atoms with E-state index in [0.29, 0.717) is 18.2 Å². The van der Waals surface area contributed by atoms with E-state index >= 15 is 0 Å². The van der Waals surface area contributed by atoms with Crippen LogP contribution in [0.3, 0.4) is 0 Å². The summed E-state index contributed by atoms with van der Waals surface area (Å²) in [5, 5.41) is 14.4. The van der Waals surface area contributed by atoms with Gasteiger partial charge in [-0.25, -0.2) is 4.68 Å². The topological polar surface area (TPSA) is 76.9 Å². The zero-order valence-corrected chi connectivity index (χ0v) is 14.5. The summed E-state index contributed by atoms with van der Waals surface area (Å²) in [4.78, 5) is 0. The lowest BCUT2D eigenvalue weighted by atomic mass is 10.1. The van der Waals surface area contributed by atoms with E-state index in [0.717, 1.165) is 16.7 Å². The van der Waals surface area contributed by atoms with E-state index in [2.05, 4.69) is 11.2 Å². The highest BCUT2D eigenvalue weighted by molar-refractivity contribution is 6.30. The van der Waals surface area contributed by atoms with E-state index in [1.807, 2.05) is 43.3 Å². The lowest BCUT2D eigenvalue weighted by molar-refractivity contribution is 0.288. The van der Waals surface area contributed by atoms with Gasteiger partial charge in [0.15, 0.2) is 5.56 Å². The molecule has 6 heteroatoms. The zero-order valence-electron chi connectivity index (χ0n) is 13.7. The number of benzene rings is 2. The highest BCUT2D eigenvalue weighted by atomic mass is 35.5. The van der Waals surface area contributed by atoms with Crippen LogP contribution in [-0.2, 0) is 13.2 Å². The van der Waals surface area contributed by atoms with Gasteiger partial charge < -0.3 is 10.5 Å². The Bertz CT molecular complexity index is 926. The van der Waals surface area contributed by atoms with Crippen LogP contribution in [0.2, 0.25) is 5.02 Å². The molecule has 0 amide bonds. The standard InChI is InChI=1S/C19H17ClN4O/c1-13-4-2-3-5-15(13)12-25-19-17(10-21)18(22)24(23-19)11-14-6-8-16(20)9-7-14/h2-9H,11-12,22H2,1H3. The lowest BCUT2D eigenvalue weighted by Crippen LogP contribution is -2.06. The van der Waals surface area contributed by atoms with E-state index < -0.39 is 0 Å². The van der Waals surface area contributed by atoms with Crippen molar-refractivity contribution >= 4 is 17.4 Å². The fourth-order valence-electron chi connectivity index (χ4n) is 2.46. The molecule has 0 radical (unpaired) electrons. The molecule has 0 bridgehead atoms. The predicted octanol–water partition coefficient (Wildman–Crippen LogP) is 3.93. The minimum absolute atomic E-state index is 0.247. The smallest absolute Gasteiger partial charge is 0.253 e. The second-order valence-corrected chi connectivity index (χ2v) is 6.11. The Morgan fingerprint density at radius 1 is 1.20 bits per heavy atom. The Kier molecular flexibility index (Phi) is 4.92. The molecule has 0 saturated heterocycles. The molecule has 25 heavy (non-hydrogen) atoms. The molecule has 0 fully saturated rings. The van der Waals surface area contributed by atoms with Crippen molar-refractivity contribution in [2.45, 2.75) is 20.1 Å². The van der Waals surface area contributed by atoms with Crippen LogP contribution >= 0.6 is 11.6 Å². The molecule has 0 aliphatic rings. The molecule has 0 saturated carbocycles. The molecule has 1 aromatic heterocycles. The van der Waals surface area contributed by atoms with Crippen LogP contribution in [0.1, 0.15) is 22.3 Å². The van der Waals surface area contributed by atoms with Crippen molar-refractivity contribution in [3.63, 3.8) is 0 Å². The highest BCUT2D eigenvalue weighted by Gasteiger charge is 2.17. The first-order valence-electron chi connectivity index (χ1n) is 7.76. The maximum atomic E-state index is 9.39. The van der Waals surface area contributed by atoms with Gasteiger partial charge in [0.2, 0.25) is 0 Å². The van der Waals surface area contributed by atoms with Gasteiger partial charge in [-0.05, 0) is 35.7 Å². The molecule has 3 rings (SSSR count). The van der Waals surface area contributed by atoms with Gasteiger partial charge in [0.25, 0.3) is 5.88 Å². The largest absolute Gasteiger partial charge is 0.471 e. The number of hydrogen-bond donors (Lipinski definition) is 1. The summed E-state index contributed by atoms with van der Waals surface area (Å²) >= 11 is 5.90. The molecule has 1 heterocycles. The molecule has 0 aliphatic heterocycles. The molecule has 0 spiro atoms. The molecule has 0 unspecified atom stereocenters. The SMILES string of the molecule is Cc1ccccc1COc1nn(Cc2ccc(Cl)cc2)c(N)c1C#N. The van der Waals surface area contributed by atoms with Crippen LogP contribution in [0.15, 0.2) is 48.5 Å². The number of aromatic nitrogens is 2. The summed E-state index contributed by atoms with van der Waals surface area (Å²) in [6, 6.07) is 17.4. The van der Waals surface area contributed by atoms with Crippen molar-refractivity contribution in [1.82, 2.24) is 9.78 Å². The molecule has 0 aliphatic carbocycles. The minimum atomic E-state index is 0.247. The summed E-state index contributed by atoms with van der Waals surface area (Å²) in [6.07, 6.45) is 0. The second-order valence-electron chi connectivity index (χ2n) is 5.68. The van der Waals surface area contributed by atoms with Gasteiger partial charge in [0, 0.05) is 5.02 Å². The number of halogens is 1. The van der Waals surface area contributed by atoms with Crippen molar-refractivity contribution in [2.24, 2.45) is 0 Å². The Labute approximate surface area is 151 Å².